The molecule has 0 fully saturated rings. The maximum atomic E-state index is 12.7. The summed E-state index contributed by atoms with van der Waals surface area (Å²) < 4.78 is 13.0. The lowest BCUT2D eigenvalue weighted by Crippen LogP contribution is -1.81. The Morgan fingerprint density at radius 1 is 1.45 bits per heavy atom. The van der Waals surface area contributed by atoms with Crippen LogP contribution >= 0.6 is 39.1 Å². The molecule has 0 aromatic heterocycles. The molecular weight excluding hydrogens is 258 g/mol. The zero-order valence-corrected chi connectivity index (χ0v) is 8.13. The molecule has 1 nitrogen and oxygen atoms in total. The lowest BCUT2D eigenvalue weighted by molar-refractivity contribution is 0.466. The van der Waals surface area contributed by atoms with Crippen molar-refractivity contribution in [2.24, 2.45) is 0 Å². The van der Waals surface area contributed by atoms with Gasteiger partial charge in [-0.2, -0.15) is 0 Å². The van der Waals surface area contributed by atoms with Crippen LogP contribution in [0.5, 0.6) is 5.75 Å². The van der Waals surface area contributed by atoms with Crippen molar-refractivity contribution in [2.75, 3.05) is 0 Å². The Labute approximate surface area is 80.9 Å². The highest BCUT2D eigenvalue weighted by Crippen LogP contribution is 2.37. The van der Waals surface area contributed by atoms with Crippen LogP contribution in [-0.4, -0.2) is 5.11 Å². The average Bonchev–Trinajstić information content (AvgIpc) is 1.97. The molecule has 11 heavy (non-hydrogen) atoms. The second-order valence-corrected chi connectivity index (χ2v) is 3.46. The second kappa shape index (κ2) is 3.17. The molecule has 0 bridgehead atoms. The molecule has 0 aliphatic rings. The van der Waals surface area contributed by atoms with Gasteiger partial charge in [0.25, 0.3) is 0 Å². The summed E-state index contributed by atoms with van der Waals surface area (Å²) >= 11 is 13.7. The Bertz CT molecular complexity index is 277. The number of phenolic OH excluding ortho intramolecular Hbond substituents is 1. The van der Waals surface area contributed by atoms with E-state index in [2.05, 4.69) is 15.9 Å². The number of hydrogen-bond acceptors (Lipinski definition) is 1. The van der Waals surface area contributed by atoms with Crippen LogP contribution in [0.15, 0.2) is 10.5 Å². The van der Waals surface area contributed by atoms with E-state index in [-0.39, 0.29) is 20.3 Å². The van der Waals surface area contributed by atoms with Gasteiger partial charge in [0.2, 0.25) is 0 Å². The zero-order valence-electron chi connectivity index (χ0n) is 5.04. The standard InChI is InChI=1S/C6H2BrCl2FO/c7-2-1-3(8)5(10)4(9)6(2)11/h1,11H. The summed E-state index contributed by atoms with van der Waals surface area (Å²) in [4.78, 5) is 0. The van der Waals surface area contributed by atoms with Crippen LogP contribution in [0.2, 0.25) is 10.0 Å². The predicted octanol–water partition coefficient (Wildman–Crippen LogP) is 3.60. The van der Waals surface area contributed by atoms with E-state index in [1.165, 1.54) is 6.07 Å². The van der Waals surface area contributed by atoms with Gasteiger partial charge in [0.15, 0.2) is 11.6 Å². The third-order valence-corrected chi connectivity index (χ3v) is 2.31. The summed E-state index contributed by atoms with van der Waals surface area (Å²) in [5, 5.41) is 8.54. The van der Waals surface area contributed by atoms with Crippen LogP contribution in [0.25, 0.3) is 0 Å². The molecule has 1 rings (SSSR count). The molecule has 0 unspecified atom stereocenters. The summed E-state index contributed by atoms with van der Waals surface area (Å²) in [7, 11) is 0. The van der Waals surface area contributed by atoms with Crippen LogP contribution in [-0.2, 0) is 0 Å². The first-order valence-corrected chi connectivity index (χ1v) is 4.11. The van der Waals surface area contributed by atoms with Crippen LogP contribution in [0.4, 0.5) is 4.39 Å². The highest BCUT2D eigenvalue weighted by atomic mass is 79.9. The van der Waals surface area contributed by atoms with E-state index in [9.17, 15) is 4.39 Å². The van der Waals surface area contributed by atoms with E-state index in [0.29, 0.717) is 0 Å². The number of benzene rings is 1. The van der Waals surface area contributed by atoms with Gasteiger partial charge in [-0.15, -0.1) is 0 Å². The number of aromatic hydroxyl groups is 1. The highest BCUT2D eigenvalue weighted by Gasteiger charge is 2.12. The number of phenols is 1. The molecule has 0 atom stereocenters. The normalized spacial score (nSPS) is 10.2. The molecule has 0 amide bonds. The lowest BCUT2D eigenvalue weighted by atomic mass is 10.3. The largest absolute Gasteiger partial charge is 0.505 e. The molecular formula is C6H2BrCl2FO. The van der Waals surface area contributed by atoms with Crippen molar-refractivity contribution in [1.82, 2.24) is 0 Å². The third-order valence-electron chi connectivity index (χ3n) is 1.09. The smallest absolute Gasteiger partial charge is 0.164 e. The van der Waals surface area contributed by atoms with Gasteiger partial charge in [-0.05, 0) is 22.0 Å². The Morgan fingerprint density at radius 3 is 2.55 bits per heavy atom. The first-order chi connectivity index (χ1) is 5.04. The minimum Gasteiger partial charge on any atom is -0.505 e. The minimum absolute atomic E-state index is 0.125. The predicted molar refractivity (Wildman–Crippen MR) is 45.8 cm³/mol. The molecule has 5 heteroatoms. The molecule has 0 saturated carbocycles. The molecule has 0 aliphatic heterocycles. The molecule has 60 valence electrons. The van der Waals surface area contributed by atoms with Crippen molar-refractivity contribution in [3.63, 3.8) is 0 Å². The minimum atomic E-state index is -0.811. The first-order valence-electron chi connectivity index (χ1n) is 2.56. The van der Waals surface area contributed by atoms with Gasteiger partial charge in [0, 0.05) is 0 Å². The Kier molecular flexibility index (Phi) is 2.62. The fourth-order valence-electron chi connectivity index (χ4n) is 0.557. The van der Waals surface area contributed by atoms with E-state index in [1.54, 1.807) is 0 Å². The van der Waals surface area contributed by atoms with Gasteiger partial charge in [-0.3, -0.25) is 0 Å². The summed E-state index contributed by atoms with van der Waals surface area (Å²) in [6.07, 6.45) is 0. The van der Waals surface area contributed by atoms with Gasteiger partial charge >= 0.3 is 0 Å². The van der Waals surface area contributed by atoms with Gasteiger partial charge in [0.1, 0.15) is 5.02 Å². The molecule has 1 aromatic rings. The number of hydrogen-bond donors (Lipinski definition) is 1. The lowest BCUT2D eigenvalue weighted by Gasteiger charge is -2.01. The summed E-state index contributed by atoms with van der Waals surface area (Å²) in [6, 6.07) is 1.23. The monoisotopic (exact) mass is 258 g/mol. The van der Waals surface area contributed by atoms with Gasteiger partial charge in [-0.1, -0.05) is 23.2 Å². The van der Waals surface area contributed by atoms with E-state index in [0.717, 1.165) is 0 Å². The first kappa shape index (κ1) is 9.10. The maximum absolute atomic E-state index is 12.7. The van der Waals surface area contributed by atoms with Crippen molar-refractivity contribution in [3.05, 3.63) is 26.4 Å². The van der Waals surface area contributed by atoms with E-state index >= 15 is 0 Å². The number of halogens is 4. The number of rotatable bonds is 0. The quantitative estimate of drug-likeness (QED) is 0.558. The topological polar surface area (TPSA) is 20.2 Å². The van der Waals surface area contributed by atoms with Crippen molar-refractivity contribution >= 4 is 39.1 Å². The van der Waals surface area contributed by atoms with E-state index in [1.807, 2.05) is 0 Å². The Hall–Kier alpha value is 0.01000. The van der Waals surface area contributed by atoms with Gasteiger partial charge in [-0.25, -0.2) is 4.39 Å². The summed E-state index contributed by atoms with van der Waals surface area (Å²) in [5.74, 6) is -1.15. The van der Waals surface area contributed by atoms with Crippen LogP contribution < -0.4 is 0 Å². The molecule has 0 heterocycles. The van der Waals surface area contributed by atoms with Crippen LogP contribution in [0.3, 0.4) is 0 Å². The van der Waals surface area contributed by atoms with Gasteiger partial charge in [0.05, 0.1) is 9.50 Å². The molecule has 0 radical (unpaired) electrons. The zero-order chi connectivity index (χ0) is 8.59. The summed E-state index contributed by atoms with van der Waals surface area (Å²) in [6.45, 7) is 0. The highest BCUT2D eigenvalue weighted by molar-refractivity contribution is 9.10. The Morgan fingerprint density at radius 2 is 2.00 bits per heavy atom. The van der Waals surface area contributed by atoms with Gasteiger partial charge < -0.3 is 5.11 Å². The van der Waals surface area contributed by atoms with E-state index < -0.39 is 5.82 Å². The molecule has 0 aliphatic carbocycles. The fourth-order valence-corrected chi connectivity index (χ4v) is 1.69. The van der Waals surface area contributed by atoms with Crippen molar-refractivity contribution in [2.45, 2.75) is 0 Å². The second-order valence-electron chi connectivity index (χ2n) is 1.82. The van der Waals surface area contributed by atoms with Crippen molar-refractivity contribution in [1.29, 1.82) is 0 Å². The average molecular weight is 260 g/mol. The molecule has 1 N–H and O–H groups in total. The van der Waals surface area contributed by atoms with Crippen LogP contribution in [0.1, 0.15) is 0 Å². The maximum Gasteiger partial charge on any atom is 0.164 e. The molecule has 0 saturated heterocycles. The van der Waals surface area contributed by atoms with Crippen molar-refractivity contribution in [3.8, 4) is 5.75 Å². The SMILES string of the molecule is Oc1c(Br)cc(Cl)c(F)c1Cl. The van der Waals surface area contributed by atoms with E-state index in [4.69, 9.17) is 28.3 Å². The summed E-state index contributed by atoms with van der Waals surface area (Å²) in [5.41, 5.74) is 0. The molecule has 0 spiro atoms. The Balaban J connectivity index is 3.46. The molecule has 1 aromatic carbocycles. The fraction of sp³-hybridized carbons (Fsp3) is 0. The van der Waals surface area contributed by atoms with Crippen LogP contribution in [0, 0.1) is 5.82 Å². The third kappa shape index (κ3) is 1.60. The van der Waals surface area contributed by atoms with Crippen molar-refractivity contribution < 1.29 is 9.50 Å².